The highest BCUT2D eigenvalue weighted by atomic mass is 32.1. The molecule has 3 unspecified atom stereocenters. The Bertz CT molecular complexity index is 487. The first-order chi connectivity index (χ1) is 9.37. The number of carbonyl (C=O) groups is 1. The van der Waals surface area contributed by atoms with E-state index in [9.17, 15) is 4.79 Å². The van der Waals surface area contributed by atoms with Gasteiger partial charge in [-0.3, -0.25) is 9.69 Å². The molecular weight excluding hydrogens is 270 g/mol. The van der Waals surface area contributed by atoms with E-state index in [1.165, 1.54) is 9.75 Å². The van der Waals surface area contributed by atoms with Gasteiger partial charge < -0.3 is 11.5 Å². The molecule has 0 aromatic carbocycles. The van der Waals surface area contributed by atoms with Gasteiger partial charge >= 0.3 is 0 Å². The van der Waals surface area contributed by atoms with Crippen LogP contribution in [-0.4, -0.2) is 29.9 Å². The van der Waals surface area contributed by atoms with Crippen molar-refractivity contribution in [1.82, 2.24) is 4.90 Å². The number of rotatable bonds is 5. The van der Waals surface area contributed by atoms with Crippen LogP contribution in [-0.2, 0) is 4.79 Å². The molecule has 1 saturated heterocycles. The number of primary amides is 1. The van der Waals surface area contributed by atoms with Crippen molar-refractivity contribution >= 4 is 17.2 Å². The second kappa shape index (κ2) is 5.84. The topological polar surface area (TPSA) is 72.3 Å². The van der Waals surface area contributed by atoms with Crippen molar-refractivity contribution in [3.63, 3.8) is 0 Å². The molecule has 2 rings (SSSR count). The SMILES string of the molecule is CCC(N)C(c1ccc(C)s1)N1CCC(C)(C(N)=O)C1. The predicted molar refractivity (Wildman–Crippen MR) is 83.6 cm³/mol. The van der Waals surface area contributed by atoms with E-state index >= 15 is 0 Å². The summed E-state index contributed by atoms with van der Waals surface area (Å²) in [5, 5.41) is 0. The van der Waals surface area contributed by atoms with Crippen LogP contribution in [0.3, 0.4) is 0 Å². The molecule has 1 aromatic rings. The van der Waals surface area contributed by atoms with Crippen molar-refractivity contribution in [2.75, 3.05) is 13.1 Å². The summed E-state index contributed by atoms with van der Waals surface area (Å²) in [7, 11) is 0. The minimum atomic E-state index is -0.419. The number of amides is 1. The zero-order valence-electron chi connectivity index (χ0n) is 12.6. The monoisotopic (exact) mass is 295 g/mol. The van der Waals surface area contributed by atoms with Gasteiger partial charge in [0.15, 0.2) is 0 Å². The predicted octanol–water partition coefficient (Wildman–Crippen LogP) is 2.03. The summed E-state index contributed by atoms with van der Waals surface area (Å²) < 4.78 is 0. The molecular formula is C15H25N3OS. The number of thiophene rings is 1. The third kappa shape index (κ3) is 2.90. The average Bonchev–Trinajstić information content (AvgIpc) is 2.98. The second-order valence-corrected chi connectivity index (χ2v) is 7.43. The van der Waals surface area contributed by atoms with Crippen molar-refractivity contribution in [3.8, 4) is 0 Å². The van der Waals surface area contributed by atoms with Crippen molar-refractivity contribution < 1.29 is 4.79 Å². The van der Waals surface area contributed by atoms with Crippen LogP contribution in [0.5, 0.6) is 0 Å². The molecule has 0 bridgehead atoms. The van der Waals surface area contributed by atoms with Gasteiger partial charge in [0, 0.05) is 22.3 Å². The van der Waals surface area contributed by atoms with E-state index in [0.717, 1.165) is 19.4 Å². The molecule has 0 aliphatic carbocycles. The fourth-order valence-electron chi connectivity index (χ4n) is 2.93. The molecule has 5 heteroatoms. The molecule has 112 valence electrons. The van der Waals surface area contributed by atoms with E-state index in [2.05, 4.69) is 30.9 Å². The van der Waals surface area contributed by atoms with E-state index in [1.807, 2.05) is 6.92 Å². The molecule has 1 fully saturated rings. The first-order valence-electron chi connectivity index (χ1n) is 7.23. The molecule has 0 saturated carbocycles. The van der Waals surface area contributed by atoms with Crippen molar-refractivity contribution in [2.24, 2.45) is 16.9 Å². The smallest absolute Gasteiger partial charge is 0.224 e. The lowest BCUT2D eigenvalue weighted by molar-refractivity contribution is -0.126. The van der Waals surface area contributed by atoms with Gasteiger partial charge in [0.05, 0.1) is 11.5 Å². The van der Waals surface area contributed by atoms with Gasteiger partial charge in [0.2, 0.25) is 5.91 Å². The molecule has 0 radical (unpaired) electrons. The molecule has 4 nitrogen and oxygen atoms in total. The van der Waals surface area contributed by atoms with E-state index in [0.29, 0.717) is 6.54 Å². The first-order valence-corrected chi connectivity index (χ1v) is 8.05. The zero-order valence-corrected chi connectivity index (χ0v) is 13.4. The van der Waals surface area contributed by atoms with Gasteiger partial charge in [0.25, 0.3) is 0 Å². The van der Waals surface area contributed by atoms with Crippen molar-refractivity contribution in [2.45, 2.75) is 45.7 Å². The molecule has 1 aromatic heterocycles. The maximum atomic E-state index is 11.6. The highest BCUT2D eigenvalue weighted by Crippen LogP contribution is 2.38. The van der Waals surface area contributed by atoms with Crippen LogP contribution in [0.4, 0.5) is 0 Å². The Labute approximate surface area is 125 Å². The van der Waals surface area contributed by atoms with Crippen LogP contribution in [0.2, 0.25) is 0 Å². The number of hydrogen-bond acceptors (Lipinski definition) is 4. The quantitative estimate of drug-likeness (QED) is 0.873. The van der Waals surface area contributed by atoms with Gasteiger partial charge in [-0.1, -0.05) is 6.92 Å². The lowest BCUT2D eigenvalue weighted by Crippen LogP contribution is -2.42. The van der Waals surface area contributed by atoms with E-state index < -0.39 is 5.41 Å². The number of nitrogens with two attached hydrogens (primary N) is 2. The highest BCUT2D eigenvalue weighted by Gasteiger charge is 2.42. The highest BCUT2D eigenvalue weighted by molar-refractivity contribution is 7.12. The molecule has 3 atom stereocenters. The summed E-state index contributed by atoms with van der Waals surface area (Å²) in [5.74, 6) is -0.203. The molecule has 0 spiro atoms. The molecule has 20 heavy (non-hydrogen) atoms. The Morgan fingerprint density at radius 3 is 2.70 bits per heavy atom. The molecule has 2 heterocycles. The summed E-state index contributed by atoms with van der Waals surface area (Å²) in [6, 6.07) is 4.59. The van der Waals surface area contributed by atoms with Crippen LogP contribution in [0.25, 0.3) is 0 Å². The van der Waals surface area contributed by atoms with Crippen LogP contribution < -0.4 is 11.5 Å². The normalized spacial score (nSPS) is 26.6. The number of aryl methyl sites for hydroxylation is 1. The minimum Gasteiger partial charge on any atom is -0.369 e. The largest absolute Gasteiger partial charge is 0.369 e. The third-order valence-corrected chi connectivity index (χ3v) is 5.49. The minimum absolute atomic E-state index is 0.0864. The number of likely N-dealkylation sites (tertiary alicyclic amines) is 1. The maximum absolute atomic E-state index is 11.6. The summed E-state index contributed by atoms with van der Waals surface area (Å²) in [5.41, 5.74) is 11.5. The second-order valence-electron chi connectivity index (χ2n) is 6.11. The Morgan fingerprint density at radius 1 is 1.55 bits per heavy atom. The first kappa shape index (κ1) is 15.5. The lowest BCUT2D eigenvalue weighted by Gasteiger charge is -2.32. The van der Waals surface area contributed by atoms with E-state index in [-0.39, 0.29) is 18.0 Å². The summed E-state index contributed by atoms with van der Waals surface area (Å²) >= 11 is 1.80. The van der Waals surface area contributed by atoms with Crippen LogP contribution in [0.1, 0.15) is 42.5 Å². The fraction of sp³-hybridized carbons (Fsp3) is 0.667. The standard InChI is InChI=1S/C15H25N3OS/c1-4-11(16)13(12-6-5-10(2)20-12)18-8-7-15(3,9-18)14(17)19/h5-6,11,13H,4,7-9,16H2,1-3H3,(H2,17,19). The van der Waals surface area contributed by atoms with Gasteiger partial charge in [-0.05, 0) is 45.4 Å². The van der Waals surface area contributed by atoms with Gasteiger partial charge in [-0.15, -0.1) is 11.3 Å². The maximum Gasteiger partial charge on any atom is 0.224 e. The van der Waals surface area contributed by atoms with Crippen molar-refractivity contribution in [3.05, 3.63) is 21.9 Å². The summed E-state index contributed by atoms with van der Waals surface area (Å²) in [6.07, 6.45) is 1.74. The Kier molecular flexibility index (Phi) is 4.52. The van der Waals surface area contributed by atoms with Crippen LogP contribution >= 0.6 is 11.3 Å². The van der Waals surface area contributed by atoms with E-state index in [1.54, 1.807) is 11.3 Å². The molecule has 4 N–H and O–H groups in total. The number of hydrogen-bond donors (Lipinski definition) is 2. The Hall–Kier alpha value is -0.910. The zero-order chi connectivity index (χ0) is 14.9. The Morgan fingerprint density at radius 2 is 2.25 bits per heavy atom. The average molecular weight is 295 g/mol. The molecule has 1 amide bonds. The van der Waals surface area contributed by atoms with Gasteiger partial charge in [-0.2, -0.15) is 0 Å². The lowest BCUT2D eigenvalue weighted by atomic mass is 9.89. The number of nitrogens with zero attached hydrogens (tertiary/aromatic N) is 1. The van der Waals surface area contributed by atoms with E-state index in [4.69, 9.17) is 11.5 Å². The van der Waals surface area contributed by atoms with Crippen molar-refractivity contribution in [1.29, 1.82) is 0 Å². The van der Waals surface area contributed by atoms with Gasteiger partial charge in [0.1, 0.15) is 0 Å². The van der Waals surface area contributed by atoms with Crippen LogP contribution in [0, 0.1) is 12.3 Å². The Balaban J connectivity index is 2.23. The molecule has 1 aliphatic heterocycles. The summed E-state index contributed by atoms with van der Waals surface area (Å²) in [6.45, 7) is 7.78. The fourth-order valence-corrected chi connectivity index (χ4v) is 4.02. The van der Waals surface area contributed by atoms with Gasteiger partial charge in [-0.25, -0.2) is 0 Å². The molecule has 1 aliphatic rings. The van der Waals surface area contributed by atoms with Crippen LogP contribution in [0.15, 0.2) is 12.1 Å². The summed E-state index contributed by atoms with van der Waals surface area (Å²) in [4.78, 5) is 16.6. The third-order valence-electron chi connectivity index (χ3n) is 4.42. The number of carbonyl (C=O) groups excluding carboxylic acids is 1.